The Bertz CT molecular complexity index is 1020. The van der Waals surface area contributed by atoms with Gasteiger partial charge in [-0.2, -0.15) is 5.10 Å². The summed E-state index contributed by atoms with van der Waals surface area (Å²) < 4.78 is 5.11. The molecule has 3 rings (SSSR count). The van der Waals surface area contributed by atoms with E-state index in [-0.39, 0.29) is 16.1 Å². The zero-order valence-electron chi connectivity index (χ0n) is 12.7. The second-order valence-electron chi connectivity index (χ2n) is 4.93. The van der Waals surface area contributed by atoms with Gasteiger partial charge in [0.2, 0.25) is 10.9 Å². The lowest BCUT2D eigenvalue weighted by Crippen LogP contribution is -2.36. The van der Waals surface area contributed by atoms with Gasteiger partial charge in [-0.25, -0.2) is 10.2 Å². The normalized spacial score (nSPS) is 10.4. The monoisotopic (exact) mass is 323 g/mol. The van der Waals surface area contributed by atoms with Crippen LogP contribution in [-0.2, 0) is 0 Å². The van der Waals surface area contributed by atoms with Gasteiger partial charge >= 0.3 is 6.03 Å². The van der Waals surface area contributed by atoms with Crippen LogP contribution in [0.3, 0.4) is 0 Å². The highest BCUT2D eigenvalue weighted by Gasteiger charge is 2.11. The van der Waals surface area contributed by atoms with Crippen molar-refractivity contribution >= 4 is 22.5 Å². The largest absolute Gasteiger partial charge is 0.495 e. The number of rotatable bonds is 3. The molecule has 0 bridgehead atoms. The molecule has 3 aromatic rings. The van der Waals surface area contributed by atoms with E-state index in [1.807, 2.05) is 0 Å². The number of amides is 2. The molecule has 0 spiro atoms. The Morgan fingerprint density at radius 1 is 0.958 bits per heavy atom. The van der Waals surface area contributed by atoms with Gasteiger partial charge in [-0.15, -0.1) is 0 Å². The molecule has 0 aliphatic carbocycles. The zero-order valence-corrected chi connectivity index (χ0v) is 12.7. The quantitative estimate of drug-likeness (QED) is 0.705. The number of nitrogens with zero attached hydrogens (tertiary/aromatic N) is 1. The molecular formula is C17H13N3O4. The number of benzene rings is 2. The van der Waals surface area contributed by atoms with Crippen LogP contribution in [0.1, 0.15) is 0 Å². The van der Waals surface area contributed by atoms with Crippen LogP contribution in [0.5, 0.6) is 5.75 Å². The first-order valence-corrected chi connectivity index (χ1v) is 7.08. The van der Waals surface area contributed by atoms with E-state index >= 15 is 0 Å². The molecule has 0 aliphatic rings. The first-order chi connectivity index (χ1) is 11.6. The lowest BCUT2D eigenvalue weighted by Gasteiger charge is -2.08. The maximum atomic E-state index is 12.1. The van der Waals surface area contributed by atoms with Crippen LogP contribution in [0.4, 0.5) is 10.5 Å². The average molecular weight is 323 g/mol. The predicted octanol–water partition coefficient (Wildman–Crippen LogP) is 1.08. The van der Waals surface area contributed by atoms with E-state index in [1.54, 1.807) is 48.5 Å². The molecule has 2 N–H and O–H groups in total. The molecule has 0 heterocycles. The number of urea groups is 1. The Kier molecular flexibility index (Phi) is 4.07. The maximum absolute atomic E-state index is 12.1. The summed E-state index contributed by atoms with van der Waals surface area (Å²) in [6, 6.07) is 12.5. The third-order valence-electron chi connectivity index (χ3n) is 3.47. The van der Waals surface area contributed by atoms with Crippen LogP contribution in [-0.4, -0.2) is 13.1 Å². The molecule has 24 heavy (non-hydrogen) atoms. The molecule has 0 saturated carbocycles. The topological polar surface area (TPSA) is 96.9 Å². The highest BCUT2D eigenvalue weighted by atomic mass is 16.5. The van der Waals surface area contributed by atoms with Crippen LogP contribution in [0.25, 0.3) is 10.8 Å². The summed E-state index contributed by atoms with van der Waals surface area (Å²) in [7, 11) is 1.48. The van der Waals surface area contributed by atoms with Crippen molar-refractivity contribution in [2.75, 3.05) is 12.4 Å². The second-order valence-corrected chi connectivity index (χ2v) is 4.93. The highest BCUT2D eigenvalue weighted by Crippen LogP contribution is 2.22. The fourth-order valence-electron chi connectivity index (χ4n) is 2.34. The van der Waals surface area contributed by atoms with E-state index < -0.39 is 16.9 Å². The van der Waals surface area contributed by atoms with E-state index in [0.717, 1.165) is 0 Å². The van der Waals surface area contributed by atoms with Crippen molar-refractivity contribution in [3.8, 4) is 5.75 Å². The number of carbonyl (C=O) groups is 1. The lowest BCUT2D eigenvalue weighted by molar-refractivity contribution is 0.252. The number of nitrogens with one attached hydrogen (secondary N) is 2. The molecule has 0 radical (unpaired) electrons. The van der Waals surface area contributed by atoms with Gasteiger partial charge in [-0.1, -0.05) is 36.4 Å². The van der Waals surface area contributed by atoms with Gasteiger partial charge in [0, 0.05) is 10.8 Å². The van der Waals surface area contributed by atoms with E-state index in [4.69, 9.17) is 4.74 Å². The summed E-state index contributed by atoms with van der Waals surface area (Å²) in [5, 5.41) is 6.45. The highest BCUT2D eigenvalue weighted by molar-refractivity contribution is 5.90. The third kappa shape index (κ3) is 2.74. The minimum atomic E-state index is -0.691. The molecular weight excluding hydrogens is 310 g/mol. The van der Waals surface area contributed by atoms with Crippen molar-refractivity contribution in [1.82, 2.24) is 5.43 Å². The van der Waals surface area contributed by atoms with Crippen molar-refractivity contribution in [2.24, 2.45) is 5.10 Å². The summed E-state index contributed by atoms with van der Waals surface area (Å²) in [5.41, 5.74) is 1.58. The number of ether oxygens (including phenoxy) is 1. The number of hydrogen-bond donors (Lipinski definition) is 2. The molecule has 7 heteroatoms. The Hall–Kier alpha value is -3.48. The fraction of sp³-hybridized carbons (Fsp3) is 0.0588. The summed E-state index contributed by atoms with van der Waals surface area (Å²) >= 11 is 0. The van der Waals surface area contributed by atoms with E-state index in [1.165, 1.54) is 7.11 Å². The fourth-order valence-corrected chi connectivity index (χ4v) is 2.34. The minimum Gasteiger partial charge on any atom is -0.495 e. The van der Waals surface area contributed by atoms with Crippen LogP contribution in [0.2, 0.25) is 0 Å². The van der Waals surface area contributed by atoms with Crippen molar-refractivity contribution in [1.29, 1.82) is 0 Å². The van der Waals surface area contributed by atoms with Gasteiger partial charge in [-0.05, 0) is 12.1 Å². The van der Waals surface area contributed by atoms with Crippen molar-refractivity contribution in [3.05, 3.63) is 74.3 Å². The van der Waals surface area contributed by atoms with Crippen molar-refractivity contribution in [3.63, 3.8) is 0 Å². The Balaban J connectivity index is 1.88. The number of anilines is 1. The van der Waals surface area contributed by atoms with E-state index in [9.17, 15) is 14.4 Å². The first-order valence-electron chi connectivity index (χ1n) is 7.08. The van der Waals surface area contributed by atoms with Crippen LogP contribution >= 0.6 is 0 Å². The number of carbonyl (C=O) groups excluding carboxylic acids is 1. The molecule has 3 aromatic carbocycles. The minimum absolute atomic E-state index is 0.285. The van der Waals surface area contributed by atoms with Gasteiger partial charge in [0.25, 0.3) is 0 Å². The second kappa shape index (κ2) is 6.33. The Morgan fingerprint density at radius 3 is 2.17 bits per heavy atom. The summed E-state index contributed by atoms with van der Waals surface area (Å²) in [6.07, 6.45) is 0. The molecule has 0 aromatic heterocycles. The molecule has 0 fully saturated rings. The average Bonchev–Trinajstić information content (AvgIpc) is 2.85. The Morgan fingerprint density at radius 2 is 1.54 bits per heavy atom. The molecule has 7 nitrogen and oxygen atoms in total. The first kappa shape index (κ1) is 15.4. The van der Waals surface area contributed by atoms with Gasteiger partial charge in [0.15, 0.2) is 5.36 Å². The van der Waals surface area contributed by atoms with Gasteiger partial charge < -0.3 is 10.1 Å². The van der Waals surface area contributed by atoms with Crippen LogP contribution < -0.4 is 31.7 Å². The van der Waals surface area contributed by atoms with Crippen molar-refractivity contribution < 1.29 is 9.53 Å². The molecule has 0 aliphatic heterocycles. The third-order valence-corrected chi connectivity index (χ3v) is 3.47. The van der Waals surface area contributed by atoms with Crippen LogP contribution in [0, 0.1) is 0 Å². The van der Waals surface area contributed by atoms with E-state index in [2.05, 4.69) is 15.8 Å². The molecule has 0 unspecified atom stereocenters. The SMILES string of the molecule is COc1ccccc1NC(=O)NN=c1c(=O)c2ccccc2c1=O. The zero-order chi connectivity index (χ0) is 17.1. The molecule has 0 atom stereocenters. The molecule has 2 amide bonds. The number of fused-ring (bicyclic) bond motifs is 1. The molecule has 120 valence electrons. The van der Waals surface area contributed by atoms with Gasteiger partial charge in [0.1, 0.15) is 5.75 Å². The number of hydrogen-bond acceptors (Lipinski definition) is 5. The summed E-state index contributed by atoms with van der Waals surface area (Å²) in [5.74, 6) is 0.473. The molecule has 0 saturated heterocycles. The summed E-state index contributed by atoms with van der Waals surface area (Å²) in [6.45, 7) is 0. The van der Waals surface area contributed by atoms with Gasteiger partial charge in [-0.3, -0.25) is 9.59 Å². The number of para-hydroxylation sites is 2. The van der Waals surface area contributed by atoms with Gasteiger partial charge in [0.05, 0.1) is 12.8 Å². The lowest BCUT2D eigenvalue weighted by atomic mass is 10.2. The summed E-state index contributed by atoms with van der Waals surface area (Å²) in [4.78, 5) is 36.2. The predicted molar refractivity (Wildman–Crippen MR) is 89.6 cm³/mol. The number of methoxy groups -OCH3 is 1. The van der Waals surface area contributed by atoms with Crippen LogP contribution in [0.15, 0.2) is 63.2 Å². The smallest absolute Gasteiger partial charge is 0.339 e. The Labute approximate surface area is 135 Å². The van der Waals surface area contributed by atoms with Crippen molar-refractivity contribution in [2.45, 2.75) is 0 Å². The standard InChI is InChI=1S/C17H13N3O4/c1-24-13-9-5-4-8-12(13)18-17(23)20-19-14-15(21)10-6-2-3-7-11(10)16(14)22/h2-9H,1H3,(H2,18,20,23). The van der Waals surface area contributed by atoms with E-state index in [0.29, 0.717) is 11.4 Å². The maximum Gasteiger partial charge on any atom is 0.339 e.